The molecule has 0 aliphatic rings. The van der Waals surface area contributed by atoms with Gasteiger partial charge in [-0.3, -0.25) is 9.59 Å². The Morgan fingerprint density at radius 2 is 1.77 bits per heavy atom. The van der Waals surface area contributed by atoms with E-state index >= 15 is 0 Å². The molecule has 0 unspecified atom stereocenters. The van der Waals surface area contributed by atoms with Crippen LogP contribution in [0.4, 0.5) is 5.69 Å². The van der Waals surface area contributed by atoms with E-state index in [1.54, 1.807) is 30.1 Å². The lowest BCUT2D eigenvalue weighted by Crippen LogP contribution is -2.12. The number of amides is 1. The number of esters is 1. The molecule has 0 spiro atoms. The molecule has 4 rings (SSSR count). The second-order valence-corrected chi connectivity index (χ2v) is 9.13. The summed E-state index contributed by atoms with van der Waals surface area (Å²) >= 11 is 1.56. The molecule has 0 aliphatic heterocycles. The number of aryl methyl sites for hydroxylation is 2. The van der Waals surface area contributed by atoms with Crippen LogP contribution in [0.3, 0.4) is 0 Å². The summed E-state index contributed by atoms with van der Waals surface area (Å²) in [6.45, 7) is 3.90. The molecule has 180 valence electrons. The summed E-state index contributed by atoms with van der Waals surface area (Å²) in [5.74, 6) is -0.429. The Hall–Kier alpha value is -3.85. The Balaban J connectivity index is 1.41. The zero-order valence-electron chi connectivity index (χ0n) is 20.1. The van der Waals surface area contributed by atoms with E-state index in [2.05, 4.69) is 15.4 Å². The highest BCUT2D eigenvalue weighted by Gasteiger charge is 2.15. The first-order chi connectivity index (χ1) is 16.9. The van der Waals surface area contributed by atoms with Crippen LogP contribution in [-0.2, 0) is 23.0 Å². The fourth-order valence-corrected chi connectivity index (χ4v) is 4.54. The zero-order chi connectivity index (χ0) is 24.9. The predicted octanol–water partition coefficient (Wildman–Crippen LogP) is 4.73. The van der Waals surface area contributed by atoms with Crippen molar-refractivity contribution in [2.24, 2.45) is 7.05 Å². The Labute approximate surface area is 208 Å². The number of hydrogen-bond donors (Lipinski definition) is 1. The number of imidazole rings is 1. The summed E-state index contributed by atoms with van der Waals surface area (Å²) in [4.78, 5) is 29.6. The van der Waals surface area contributed by atoms with Crippen molar-refractivity contribution in [3.8, 4) is 5.69 Å². The van der Waals surface area contributed by atoms with E-state index < -0.39 is 0 Å². The fourth-order valence-electron chi connectivity index (χ4n) is 3.74. The predicted molar refractivity (Wildman–Crippen MR) is 135 cm³/mol. The molecule has 2 aromatic heterocycles. The smallest absolute Gasteiger partial charge is 0.305 e. The number of carbonyl (C=O) groups excluding carboxylic acids is 2. The number of methoxy groups -OCH3 is 1. The summed E-state index contributed by atoms with van der Waals surface area (Å²) in [6.07, 6.45) is 4.55. The van der Waals surface area contributed by atoms with Gasteiger partial charge < -0.3 is 14.6 Å². The number of hydrogen-bond acceptors (Lipinski definition) is 6. The van der Waals surface area contributed by atoms with E-state index in [0.717, 1.165) is 38.4 Å². The highest BCUT2D eigenvalue weighted by Crippen LogP contribution is 2.27. The lowest BCUT2D eigenvalue weighted by atomic mass is 10.1. The Morgan fingerprint density at radius 3 is 2.40 bits per heavy atom. The van der Waals surface area contributed by atoms with Gasteiger partial charge in [-0.2, -0.15) is 5.10 Å². The number of benzene rings is 2. The molecule has 35 heavy (non-hydrogen) atoms. The van der Waals surface area contributed by atoms with Gasteiger partial charge in [0.25, 0.3) is 5.91 Å². The maximum atomic E-state index is 12.8. The van der Waals surface area contributed by atoms with Gasteiger partial charge in [0.2, 0.25) is 0 Å². The van der Waals surface area contributed by atoms with Crippen molar-refractivity contribution in [2.45, 2.75) is 36.7 Å². The average Bonchev–Trinajstić information content (AvgIpc) is 3.40. The van der Waals surface area contributed by atoms with Crippen LogP contribution in [0.2, 0.25) is 0 Å². The second kappa shape index (κ2) is 10.6. The molecule has 8 nitrogen and oxygen atoms in total. The molecule has 2 heterocycles. The number of carbonyl (C=O) groups is 2. The van der Waals surface area contributed by atoms with Crippen LogP contribution in [0.15, 0.2) is 71.0 Å². The summed E-state index contributed by atoms with van der Waals surface area (Å²) in [5, 5.41) is 8.46. The summed E-state index contributed by atoms with van der Waals surface area (Å²) in [6, 6.07) is 15.0. The quantitative estimate of drug-likeness (QED) is 0.360. The largest absolute Gasteiger partial charge is 0.469 e. The van der Waals surface area contributed by atoms with Gasteiger partial charge in [-0.25, -0.2) is 9.67 Å². The summed E-state index contributed by atoms with van der Waals surface area (Å²) in [5.41, 5.74) is 4.98. The van der Waals surface area contributed by atoms with Crippen molar-refractivity contribution in [2.75, 3.05) is 12.4 Å². The van der Waals surface area contributed by atoms with Crippen LogP contribution >= 0.6 is 11.8 Å². The van der Waals surface area contributed by atoms with Crippen molar-refractivity contribution in [1.29, 1.82) is 0 Å². The van der Waals surface area contributed by atoms with Crippen molar-refractivity contribution in [1.82, 2.24) is 19.3 Å². The molecule has 4 aromatic rings. The Bertz CT molecular complexity index is 1340. The molecule has 9 heteroatoms. The molecule has 0 saturated heterocycles. The van der Waals surface area contributed by atoms with Gasteiger partial charge in [-0.1, -0.05) is 11.8 Å². The molecule has 1 N–H and O–H groups in total. The molecule has 0 fully saturated rings. The molecule has 0 saturated carbocycles. The maximum Gasteiger partial charge on any atom is 0.305 e. The van der Waals surface area contributed by atoms with Crippen LogP contribution in [0.5, 0.6) is 0 Å². The average molecular weight is 490 g/mol. The summed E-state index contributed by atoms with van der Waals surface area (Å²) < 4.78 is 8.54. The fraction of sp³-hybridized carbons (Fsp3) is 0.231. The number of anilines is 1. The molecule has 0 radical (unpaired) electrons. The van der Waals surface area contributed by atoms with Crippen molar-refractivity contribution in [3.05, 3.63) is 83.4 Å². The lowest BCUT2D eigenvalue weighted by molar-refractivity contribution is -0.140. The van der Waals surface area contributed by atoms with Gasteiger partial charge >= 0.3 is 5.97 Å². The van der Waals surface area contributed by atoms with E-state index in [1.165, 1.54) is 7.11 Å². The number of nitrogens with zero attached hydrogens (tertiary/aromatic N) is 4. The highest BCUT2D eigenvalue weighted by molar-refractivity contribution is 7.99. The van der Waals surface area contributed by atoms with E-state index in [-0.39, 0.29) is 11.9 Å². The first kappa shape index (κ1) is 24.3. The minimum Gasteiger partial charge on any atom is -0.469 e. The standard InChI is InChI=1S/C26H27N5O3S/c1-17-23(13-14-24(32)34-4)18(2)31(29-17)21-9-5-19(6-10-21)25(33)28-20-7-11-22(12-8-20)35-26-27-15-16-30(26)3/h5-12,15-16H,13-14H2,1-4H3,(H,28,33). The Kier molecular flexibility index (Phi) is 7.36. The highest BCUT2D eigenvalue weighted by atomic mass is 32.2. The van der Waals surface area contributed by atoms with Gasteiger partial charge in [0, 0.05) is 47.7 Å². The van der Waals surface area contributed by atoms with Crippen molar-refractivity contribution >= 4 is 29.3 Å². The Morgan fingerprint density at radius 1 is 1.06 bits per heavy atom. The molecule has 2 aromatic carbocycles. The third-order valence-electron chi connectivity index (χ3n) is 5.72. The monoisotopic (exact) mass is 489 g/mol. The third kappa shape index (κ3) is 5.63. The lowest BCUT2D eigenvalue weighted by Gasteiger charge is -2.09. The molecule has 0 aliphatic carbocycles. The van der Waals surface area contributed by atoms with E-state index in [1.807, 2.05) is 72.7 Å². The first-order valence-corrected chi connectivity index (χ1v) is 12.0. The minimum absolute atomic E-state index is 0.187. The maximum absolute atomic E-state index is 12.8. The van der Waals surface area contributed by atoms with Gasteiger partial charge in [-0.15, -0.1) is 0 Å². The van der Waals surface area contributed by atoms with E-state index in [0.29, 0.717) is 18.4 Å². The van der Waals surface area contributed by atoms with Gasteiger partial charge in [-0.05, 0) is 74.4 Å². The molecular weight excluding hydrogens is 462 g/mol. The molecular formula is C26H27N5O3S. The van der Waals surface area contributed by atoms with E-state index in [9.17, 15) is 9.59 Å². The van der Waals surface area contributed by atoms with Crippen LogP contribution in [0.1, 0.15) is 33.7 Å². The molecule has 0 bridgehead atoms. The normalized spacial score (nSPS) is 10.9. The number of aromatic nitrogens is 4. The molecule has 1 amide bonds. The van der Waals surface area contributed by atoms with Crippen molar-refractivity contribution < 1.29 is 14.3 Å². The topological polar surface area (TPSA) is 91.0 Å². The van der Waals surface area contributed by atoms with Crippen LogP contribution in [0.25, 0.3) is 5.69 Å². The summed E-state index contributed by atoms with van der Waals surface area (Å²) in [7, 11) is 3.34. The number of nitrogens with one attached hydrogen (secondary N) is 1. The van der Waals surface area contributed by atoms with Crippen LogP contribution in [0, 0.1) is 13.8 Å². The van der Waals surface area contributed by atoms with Crippen LogP contribution < -0.4 is 5.32 Å². The SMILES string of the molecule is COC(=O)CCc1c(C)nn(-c2ccc(C(=O)Nc3ccc(Sc4nccn4C)cc3)cc2)c1C. The third-order valence-corrected chi connectivity index (χ3v) is 6.80. The van der Waals surface area contributed by atoms with Gasteiger partial charge in [0.15, 0.2) is 5.16 Å². The minimum atomic E-state index is -0.242. The first-order valence-electron chi connectivity index (χ1n) is 11.1. The number of rotatable bonds is 8. The van der Waals surface area contributed by atoms with Gasteiger partial charge in [0.05, 0.1) is 18.5 Å². The second-order valence-electron chi connectivity index (χ2n) is 8.09. The van der Waals surface area contributed by atoms with E-state index in [4.69, 9.17) is 4.74 Å². The van der Waals surface area contributed by atoms with Gasteiger partial charge in [0.1, 0.15) is 0 Å². The molecule has 0 atom stereocenters. The van der Waals surface area contributed by atoms with Crippen molar-refractivity contribution in [3.63, 3.8) is 0 Å². The number of ether oxygens (including phenoxy) is 1. The van der Waals surface area contributed by atoms with Crippen LogP contribution in [-0.4, -0.2) is 38.3 Å². The zero-order valence-corrected chi connectivity index (χ0v) is 20.9.